The predicted octanol–water partition coefficient (Wildman–Crippen LogP) is 9.74. The van der Waals surface area contributed by atoms with Crippen molar-refractivity contribution >= 4 is 42.4 Å². The molecule has 0 aliphatic carbocycles. The minimum atomic E-state index is -4.63. The number of nitrogens with zero attached hydrogens (tertiary/aromatic N) is 3. The fraction of sp³-hybridized carbons (Fsp3) is 0.500. The van der Waals surface area contributed by atoms with Crippen molar-refractivity contribution in [1.82, 2.24) is 19.9 Å². The lowest BCUT2D eigenvalue weighted by Gasteiger charge is -2.41. The minimum Gasteiger partial charge on any atom is -0.479 e. The molecule has 0 aliphatic rings. The zero-order valence-corrected chi connectivity index (χ0v) is 32.3. The molecule has 0 unspecified atom stereocenters. The van der Waals surface area contributed by atoms with E-state index >= 15 is 0 Å². The quantitative estimate of drug-likeness (QED) is 0.149. The van der Waals surface area contributed by atoms with Crippen LogP contribution in [0.5, 0.6) is 5.88 Å². The number of urea groups is 1. The lowest BCUT2D eigenvalue weighted by molar-refractivity contribution is -0.140. The Morgan fingerprint density at radius 3 is 2.32 bits per heavy atom. The van der Waals surface area contributed by atoms with Gasteiger partial charge in [-0.15, -0.1) is 11.3 Å². The number of hydrogen-bond acceptors (Lipinski definition) is 7. The van der Waals surface area contributed by atoms with Gasteiger partial charge in [0.1, 0.15) is 10.8 Å². The molecule has 3 heterocycles. The Balaban J connectivity index is 1.93. The molecule has 0 saturated carbocycles. The Kier molecular flexibility index (Phi) is 11.6. The first-order valence-electron chi connectivity index (χ1n) is 16.7. The molecule has 1 aromatic carbocycles. The fourth-order valence-electron chi connectivity index (χ4n) is 5.12. The Hall–Kier alpha value is -3.75. The van der Waals surface area contributed by atoms with Gasteiger partial charge >= 0.3 is 12.2 Å². The number of carbonyl (C=O) groups excluding carboxylic acids is 1. The van der Waals surface area contributed by atoms with Crippen LogP contribution in [0, 0.1) is 5.41 Å². The van der Waals surface area contributed by atoms with Crippen molar-refractivity contribution in [3.05, 3.63) is 57.8 Å². The SMILES string of the molecule is CCCOc1cc(=O)c2cc(-c3cnc(NC(=O)NCC)cc3-c3nc(C(F)(F)F)cs3)ccc2n1[C@H](CO[Si](C)(C)C(C)(C)C)C(C)(C)C. The molecule has 0 bridgehead atoms. The summed E-state index contributed by atoms with van der Waals surface area (Å²) in [6.45, 7) is 22.3. The number of alkyl halides is 3. The maximum absolute atomic E-state index is 13.8. The summed E-state index contributed by atoms with van der Waals surface area (Å²) in [7, 11) is -2.15. The molecule has 2 amide bonds. The van der Waals surface area contributed by atoms with Crippen molar-refractivity contribution in [3.63, 3.8) is 0 Å². The second-order valence-electron chi connectivity index (χ2n) is 14.9. The molecular weight excluding hydrogens is 684 g/mol. The summed E-state index contributed by atoms with van der Waals surface area (Å²) in [6, 6.07) is 7.64. The lowest BCUT2D eigenvalue weighted by atomic mass is 9.86. The molecule has 9 nitrogen and oxygen atoms in total. The zero-order valence-electron chi connectivity index (χ0n) is 30.5. The summed E-state index contributed by atoms with van der Waals surface area (Å²) in [5.41, 5.74) is 0.367. The molecule has 50 heavy (non-hydrogen) atoms. The average molecular weight is 732 g/mol. The summed E-state index contributed by atoms with van der Waals surface area (Å²) in [6.07, 6.45) is -2.41. The predicted molar refractivity (Wildman–Crippen MR) is 198 cm³/mol. The number of fused-ring (bicyclic) bond motifs is 1. The van der Waals surface area contributed by atoms with E-state index in [1.165, 1.54) is 18.3 Å². The van der Waals surface area contributed by atoms with Gasteiger partial charge in [0.2, 0.25) is 0 Å². The van der Waals surface area contributed by atoms with Crippen LogP contribution in [0.25, 0.3) is 32.6 Å². The van der Waals surface area contributed by atoms with Gasteiger partial charge in [-0.2, -0.15) is 13.2 Å². The van der Waals surface area contributed by atoms with Crippen LogP contribution in [-0.4, -0.2) is 48.6 Å². The number of anilines is 1. The molecule has 0 fully saturated rings. The standard InChI is InChI=1S/C36H48F3N5O4SSi/c1-11-15-47-31-18-27(45)24-16-22(13-14-26(24)44(31)29(34(3,4)5)20-48-50(9,10)35(6,7)8)25-19-41-30(43-33(46)40-12-2)17-23(25)32-42-28(21-49-32)36(37,38)39/h13-14,16-19,21,29H,11-12,15,20H2,1-10H3,(H2,40,41,43,46)/t29-/m1/s1. The van der Waals surface area contributed by atoms with E-state index in [1.807, 2.05) is 19.1 Å². The maximum atomic E-state index is 13.8. The third-order valence-electron chi connectivity index (χ3n) is 9.01. The van der Waals surface area contributed by atoms with Gasteiger partial charge < -0.3 is 19.0 Å². The monoisotopic (exact) mass is 731 g/mol. The summed E-state index contributed by atoms with van der Waals surface area (Å²) >= 11 is 0.830. The van der Waals surface area contributed by atoms with Crippen LogP contribution in [0.4, 0.5) is 23.8 Å². The van der Waals surface area contributed by atoms with Gasteiger partial charge in [-0.1, -0.05) is 54.5 Å². The van der Waals surface area contributed by atoms with E-state index in [9.17, 15) is 22.8 Å². The number of carbonyl (C=O) groups is 1. The number of hydrogen-bond donors (Lipinski definition) is 2. The van der Waals surface area contributed by atoms with Gasteiger partial charge in [-0.05, 0) is 60.7 Å². The highest BCUT2D eigenvalue weighted by Gasteiger charge is 2.40. The molecule has 14 heteroatoms. The Morgan fingerprint density at radius 1 is 1.04 bits per heavy atom. The highest BCUT2D eigenvalue weighted by molar-refractivity contribution is 7.13. The van der Waals surface area contributed by atoms with Crippen molar-refractivity contribution in [3.8, 4) is 27.6 Å². The third kappa shape index (κ3) is 8.75. The number of benzene rings is 1. The first-order chi connectivity index (χ1) is 23.2. The molecule has 0 spiro atoms. The Morgan fingerprint density at radius 2 is 1.74 bits per heavy atom. The number of rotatable bonds is 11. The van der Waals surface area contributed by atoms with E-state index < -0.39 is 26.2 Å². The van der Waals surface area contributed by atoms with E-state index in [4.69, 9.17) is 9.16 Å². The van der Waals surface area contributed by atoms with Crippen LogP contribution in [-0.2, 0) is 10.6 Å². The van der Waals surface area contributed by atoms with E-state index in [0.717, 1.165) is 23.1 Å². The Labute approximate surface area is 296 Å². The second kappa shape index (κ2) is 14.8. The van der Waals surface area contributed by atoms with Gasteiger partial charge in [0.05, 0.1) is 24.8 Å². The topological polar surface area (TPSA) is 107 Å². The van der Waals surface area contributed by atoms with E-state index in [0.29, 0.717) is 53.2 Å². The van der Waals surface area contributed by atoms with Gasteiger partial charge in [0.25, 0.3) is 0 Å². The fourth-order valence-corrected chi connectivity index (χ4v) is 6.99. The smallest absolute Gasteiger partial charge is 0.434 e. The molecule has 0 aliphatic heterocycles. The number of amides is 2. The van der Waals surface area contributed by atoms with Gasteiger partial charge in [-0.3, -0.25) is 10.1 Å². The van der Waals surface area contributed by atoms with Crippen LogP contribution in [0.2, 0.25) is 18.1 Å². The first kappa shape index (κ1) is 39.0. The zero-order chi connectivity index (χ0) is 37.2. The van der Waals surface area contributed by atoms with Crippen LogP contribution in [0.15, 0.2) is 46.7 Å². The molecule has 3 aromatic heterocycles. The molecule has 1 atom stereocenters. The first-order valence-corrected chi connectivity index (χ1v) is 20.5. The highest BCUT2D eigenvalue weighted by atomic mass is 32.1. The van der Waals surface area contributed by atoms with Crippen molar-refractivity contribution in [1.29, 1.82) is 0 Å². The number of thiazole rings is 1. The van der Waals surface area contributed by atoms with Gasteiger partial charge in [0.15, 0.2) is 25.3 Å². The molecule has 4 aromatic rings. The summed E-state index contributed by atoms with van der Waals surface area (Å²) in [5, 5.41) is 6.66. The van der Waals surface area contributed by atoms with Crippen LogP contribution >= 0.6 is 11.3 Å². The van der Waals surface area contributed by atoms with Gasteiger partial charge in [0, 0.05) is 40.7 Å². The van der Waals surface area contributed by atoms with Crippen molar-refractivity contribution in [2.75, 3.05) is 25.1 Å². The molecule has 4 rings (SSSR count). The van der Waals surface area contributed by atoms with E-state index in [-0.39, 0.29) is 32.7 Å². The largest absolute Gasteiger partial charge is 0.479 e. The molecule has 2 N–H and O–H groups in total. The van der Waals surface area contributed by atoms with E-state index in [1.54, 1.807) is 13.0 Å². The summed E-state index contributed by atoms with van der Waals surface area (Å²) in [4.78, 5) is 34.3. The molecular formula is C36H48F3N5O4SSi. The molecule has 0 saturated heterocycles. The average Bonchev–Trinajstić information content (AvgIpc) is 3.51. The van der Waals surface area contributed by atoms with Crippen LogP contribution < -0.4 is 20.8 Å². The number of ether oxygens (including phenoxy) is 1. The Bertz CT molecular complexity index is 1890. The third-order valence-corrected chi connectivity index (χ3v) is 14.4. The number of aromatic nitrogens is 3. The maximum Gasteiger partial charge on any atom is 0.434 e. The van der Waals surface area contributed by atoms with E-state index in [2.05, 4.69) is 79.8 Å². The van der Waals surface area contributed by atoms with Crippen LogP contribution in [0.1, 0.15) is 73.5 Å². The summed E-state index contributed by atoms with van der Waals surface area (Å²) in [5.74, 6) is 0.579. The van der Waals surface area contributed by atoms with Crippen molar-refractivity contribution in [2.24, 2.45) is 5.41 Å². The number of halogens is 3. The van der Waals surface area contributed by atoms with Gasteiger partial charge in [-0.25, -0.2) is 14.8 Å². The molecule has 0 radical (unpaired) electrons. The summed E-state index contributed by atoms with van der Waals surface area (Å²) < 4.78 is 55.8. The minimum absolute atomic E-state index is 0.00756. The van der Waals surface area contributed by atoms with Crippen molar-refractivity contribution < 1.29 is 27.1 Å². The second-order valence-corrected chi connectivity index (χ2v) is 20.6. The normalized spacial score (nSPS) is 13.4. The number of pyridine rings is 2. The highest BCUT2D eigenvalue weighted by Crippen LogP contribution is 2.43. The van der Waals surface area contributed by atoms with Crippen molar-refractivity contribution in [2.45, 2.75) is 92.2 Å². The number of nitrogens with one attached hydrogen (secondary N) is 2. The lowest BCUT2D eigenvalue weighted by Crippen LogP contribution is -2.43. The molecule has 272 valence electrons. The van der Waals surface area contributed by atoms with Crippen LogP contribution in [0.3, 0.4) is 0 Å².